The first-order valence-corrected chi connectivity index (χ1v) is 6.55. The maximum absolute atomic E-state index is 14.0. The van der Waals surface area contributed by atoms with Crippen LogP contribution in [0.4, 0.5) is 4.39 Å². The Morgan fingerprint density at radius 3 is 2.65 bits per heavy atom. The van der Waals surface area contributed by atoms with Gasteiger partial charge in [0.2, 0.25) is 0 Å². The maximum Gasteiger partial charge on any atom is 0.126 e. The predicted octanol–water partition coefficient (Wildman–Crippen LogP) is 4.81. The highest BCUT2D eigenvalue weighted by Gasteiger charge is 2.29. The van der Waals surface area contributed by atoms with Crippen LogP contribution < -0.4 is 0 Å². The lowest BCUT2D eigenvalue weighted by Crippen LogP contribution is -2.15. The summed E-state index contributed by atoms with van der Waals surface area (Å²) in [7, 11) is 0. The third-order valence-electron chi connectivity index (χ3n) is 3.86. The smallest absolute Gasteiger partial charge is 0.126 e. The van der Waals surface area contributed by atoms with Crippen molar-refractivity contribution in [1.82, 2.24) is 0 Å². The van der Waals surface area contributed by atoms with Crippen molar-refractivity contribution in [2.75, 3.05) is 0 Å². The molecule has 2 atom stereocenters. The Bertz CT molecular complexity index is 394. The van der Waals surface area contributed by atoms with Gasteiger partial charge in [-0.3, -0.25) is 0 Å². The number of halogens is 1. The molecule has 1 aromatic rings. The minimum absolute atomic E-state index is 0.201. The molecule has 2 rings (SSSR count). The summed E-state index contributed by atoms with van der Waals surface area (Å²) >= 11 is 0. The quantitative estimate of drug-likeness (QED) is 0.781. The minimum atomic E-state index is -0.905. The molecule has 1 aromatic carbocycles. The van der Waals surface area contributed by atoms with E-state index in [-0.39, 0.29) is 5.75 Å². The number of phenols is 1. The molecule has 2 unspecified atom stereocenters. The van der Waals surface area contributed by atoms with Crippen molar-refractivity contribution in [2.24, 2.45) is 0 Å². The second-order valence-electron chi connectivity index (χ2n) is 5.34. The number of hydrogen-bond acceptors (Lipinski definition) is 1. The van der Waals surface area contributed by atoms with Gasteiger partial charge in [-0.2, -0.15) is 0 Å². The van der Waals surface area contributed by atoms with Crippen molar-refractivity contribution in [1.29, 1.82) is 0 Å². The van der Waals surface area contributed by atoms with E-state index < -0.39 is 6.17 Å². The first kappa shape index (κ1) is 12.4. The monoisotopic (exact) mass is 236 g/mol. The molecule has 0 fully saturated rings. The van der Waals surface area contributed by atoms with E-state index in [1.807, 2.05) is 6.07 Å². The molecule has 0 aromatic heterocycles. The predicted molar refractivity (Wildman–Crippen MR) is 68.3 cm³/mol. The highest BCUT2D eigenvalue weighted by atomic mass is 19.1. The first-order chi connectivity index (χ1) is 8.04. The number of rotatable bonds is 2. The van der Waals surface area contributed by atoms with E-state index in [0.717, 1.165) is 24.0 Å². The molecule has 0 heterocycles. The molecule has 0 aliphatic heterocycles. The van der Waals surface area contributed by atoms with Gasteiger partial charge in [-0.25, -0.2) is 4.39 Å². The molecule has 0 saturated heterocycles. The average molecular weight is 236 g/mol. The molecule has 1 nitrogen and oxygen atoms in total. The van der Waals surface area contributed by atoms with Gasteiger partial charge >= 0.3 is 0 Å². The lowest BCUT2D eigenvalue weighted by atomic mass is 9.76. The Balaban J connectivity index is 2.61. The van der Waals surface area contributed by atoms with Gasteiger partial charge in [0.1, 0.15) is 11.9 Å². The summed E-state index contributed by atoms with van der Waals surface area (Å²) in [6, 6.07) is 3.43. The fraction of sp³-hybridized carbons (Fsp3) is 0.600. The van der Waals surface area contributed by atoms with Crippen molar-refractivity contribution in [3.8, 4) is 5.75 Å². The molecule has 1 aliphatic rings. The fourth-order valence-electron chi connectivity index (χ4n) is 2.95. The molecular formula is C15H21FO. The summed E-state index contributed by atoms with van der Waals surface area (Å²) in [4.78, 5) is 0. The largest absolute Gasteiger partial charge is 0.508 e. The Kier molecular flexibility index (Phi) is 3.41. The number of hydrogen-bond donors (Lipinski definition) is 1. The molecule has 17 heavy (non-hydrogen) atoms. The molecule has 94 valence electrons. The van der Waals surface area contributed by atoms with Crippen LogP contribution in [0.25, 0.3) is 0 Å². The average Bonchev–Trinajstić information content (AvgIpc) is 2.29. The van der Waals surface area contributed by atoms with Crippen LogP contribution in [0.15, 0.2) is 12.1 Å². The van der Waals surface area contributed by atoms with Crippen molar-refractivity contribution in [3.63, 3.8) is 0 Å². The molecule has 0 saturated carbocycles. The zero-order valence-corrected chi connectivity index (χ0v) is 10.8. The molecule has 2 heteroatoms. The fourth-order valence-corrected chi connectivity index (χ4v) is 2.95. The summed E-state index contributed by atoms with van der Waals surface area (Å²) in [6.07, 6.45) is 1.66. The molecule has 1 N–H and O–H groups in total. The molecular weight excluding hydrogens is 215 g/mol. The van der Waals surface area contributed by atoms with Gasteiger partial charge < -0.3 is 5.11 Å². The first-order valence-electron chi connectivity index (χ1n) is 6.55. The highest BCUT2D eigenvalue weighted by molar-refractivity contribution is 5.47. The standard InChI is InChI=1S/C15H21FO/c1-4-10-5-6-14(16)13-8-11(17)7-12(9(2)3)15(10)13/h7-10,14,17H,4-6H2,1-3H3. The number of benzene rings is 1. The molecule has 0 radical (unpaired) electrons. The Hall–Kier alpha value is -1.05. The van der Waals surface area contributed by atoms with Gasteiger partial charge in [-0.15, -0.1) is 0 Å². The Morgan fingerprint density at radius 2 is 2.06 bits per heavy atom. The lowest BCUT2D eigenvalue weighted by molar-refractivity contribution is 0.283. The molecule has 0 amide bonds. The lowest BCUT2D eigenvalue weighted by Gasteiger charge is -2.31. The second kappa shape index (κ2) is 4.67. The van der Waals surface area contributed by atoms with Crippen LogP contribution in [0, 0.1) is 0 Å². The van der Waals surface area contributed by atoms with Crippen LogP contribution in [0.2, 0.25) is 0 Å². The van der Waals surface area contributed by atoms with Crippen LogP contribution in [0.5, 0.6) is 5.75 Å². The van der Waals surface area contributed by atoms with Crippen molar-refractivity contribution in [3.05, 3.63) is 28.8 Å². The number of phenolic OH excluding ortho intramolecular Hbond substituents is 1. The SMILES string of the molecule is CCC1CCC(F)c2cc(O)cc(C(C)C)c21. The van der Waals surface area contributed by atoms with Gasteiger partial charge in [-0.1, -0.05) is 20.8 Å². The second-order valence-corrected chi connectivity index (χ2v) is 5.34. The van der Waals surface area contributed by atoms with E-state index in [2.05, 4.69) is 20.8 Å². The minimum Gasteiger partial charge on any atom is -0.508 e. The number of alkyl halides is 1. The zero-order valence-electron chi connectivity index (χ0n) is 10.8. The van der Waals surface area contributed by atoms with Gasteiger partial charge in [-0.05, 0) is 59.9 Å². The Labute approximate surface area is 103 Å². The van der Waals surface area contributed by atoms with Crippen LogP contribution in [-0.2, 0) is 0 Å². The third-order valence-corrected chi connectivity index (χ3v) is 3.86. The number of fused-ring (bicyclic) bond motifs is 1. The normalized spacial score (nSPS) is 23.8. The van der Waals surface area contributed by atoms with Crippen molar-refractivity contribution >= 4 is 0 Å². The highest BCUT2D eigenvalue weighted by Crippen LogP contribution is 2.45. The van der Waals surface area contributed by atoms with Crippen molar-refractivity contribution in [2.45, 2.75) is 58.0 Å². The van der Waals surface area contributed by atoms with Gasteiger partial charge in [0.25, 0.3) is 0 Å². The van der Waals surface area contributed by atoms with E-state index in [4.69, 9.17) is 0 Å². The summed E-state index contributed by atoms with van der Waals surface area (Å²) < 4.78 is 14.0. The topological polar surface area (TPSA) is 20.2 Å². The van der Waals surface area contributed by atoms with Crippen molar-refractivity contribution < 1.29 is 9.50 Å². The zero-order chi connectivity index (χ0) is 12.6. The van der Waals surface area contributed by atoms with Crippen LogP contribution in [0.3, 0.4) is 0 Å². The third kappa shape index (κ3) is 2.18. The van der Waals surface area contributed by atoms with E-state index in [0.29, 0.717) is 18.3 Å². The van der Waals surface area contributed by atoms with E-state index >= 15 is 0 Å². The summed E-state index contributed by atoms with van der Waals surface area (Å²) in [5.74, 6) is 0.983. The summed E-state index contributed by atoms with van der Waals surface area (Å²) in [5.41, 5.74) is 3.01. The van der Waals surface area contributed by atoms with E-state index in [9.17, 15) is 9.50 Å². The van der Waals surface area contributed by atoms with Crippen LogP contribution in [0.1, 0.15) is 74.7 Å². The van der Waals surface area contributed by atoms with E-state index in [1.165, 1.54) is 5.56 Å². The van der Waals surface area contributed by atoms with Crippen LogP contribution >= 0.6 is 0 Å². The summed E-state index contributed by atoms with van der Waals surface area (Å²) in [6.45, 7) is 6.36. The van der Waals surface area contributed by atoms with E-state index in [1.54, 1.807) is 6.07 Å². The molecule has 0 spiro atoms. The molecule has 1 aliphatic carbocycles. The summed E-state index contributed by atoms with van der Waals surface area (Å²) in [5, 5.41) is 9.73. The maximum atomic E-state index is 14.0. The number of aromatic hydroxyl groups is 1. The Morgan fingerprint density at radius 1 is 1.35 bits per heavy atom. The van der Waals surface area contributed by atoms with Gasteiger partial charge in [0.15, 0.2) is 0 Å². The molecule has 0 bridgehead atoms. The van der Waals surface area contributed by atoms with Crippen LogP contribution in [-0.4, -0.2) is 5.11 Å². The van der Waals surface area contributed by atoms with Gasteiger partial charge in [0, 0.05) is 0 Å². The van der Waals surface area contributed by atoms with Gasteiger partial charge in [0.05, 0.1) is 0 Å².